The Morgan fingerprint density at radius 1 is 1.29 bits per heavy atom. The number of amidine groups is 1. The summed E-state index contributed by atoms with van der Waals surface area (Å²) in [6, 6.07) is 4.11. The van der Waals surface area contributed by atoms with E-state index in [1.54, 1.807) is 19.0 Å². The summed E-state index contributed by atoms with van der Waals surface area (Å²) < 4.78 is 64.6. The molecule has 6 nitrogen and oxygen atoms in total. The smallest absolute Gasteiger partial charge is 0.388 e. The first-order chi connectivity index (χ1) is 13.1. The molecule has 2 aliphatic rings. The van der Waals surface area contributed by atoms with E-state index in [9.17, 15) is 27.8 Å². The number of ether oxygens (including phenoxy) is 2. The fourth-order valence-corrected chi connectivity index (χ4v) is 4.18. The molecule has 156 valence electrons. The quantitative estimate of drug-likeness (QED) is 0.718. The van der Waals surface area contributed by atoms with Crippen LogP contribution in [0.15, 0.2) is 29.3 Å². The van der Waals surface area contributed by atoms with Crippen LogP contribution in [0.2, 0.25) is 0 Å². The Kier molecular flexibility index (Phi) is 6.20. The molecule has 1 saturated heterocycles. The van der Waals surface area contributed by atoms with Crippen LogP contribution < -0.4 is 0 Å². The van der Waals surface area contributed by atoms with Gasteiger partial charge in [-0.1, -0.05) is 23.9 Å². The highest BCUT2D eigenvalue weighted by atomic mass is 32.2. The van der Waals surface area contributed by atoms with Gasteiger partial charge in [0.1, 0.15) is 35.6 Å². The highest BCUT2D eigenvalue weighted by Crippen LogP contribution is 2.41. The molecule has 0 radical (unpaired) electrons. The molecule has 0 spiro atoms. The van der Waals surface area contributed by atoms with Gasteiger partial charge in [0, 0.05) is 14.1 Å². The number of hydrogen-bond donors (Lipinski definition) is 2. The number of nitrogens with zero attached hydrogens (tertiary/aromatic N) is 2. The molecule has 3 rings (SSSR count). The van der Waals surface area contributed by atoms with Crippen LogP contribution in [-0.4, -0.2) is 76.4 Å². The number of thioether (sulfide) groups is 1. The average molecular weight is 424 g/mol. The lowest BCUT2D eigenvalue weighted by atomic mass is 9.94. The van der Waals surface area contributed by atoms with Crippen molar-refractivity contribution in [2.75, 3.05) is 14.1 Å². The number of benzene rings is 1. The van der Waals surface area contributed by atoms with Crippen LogP contribution in [0.3, 0.4) is 0 Å². The molecule has 0 aromatic heterocycles. The van der Waals surface area contributed by atoms with E-state index < -0.39 is 54.5 Å². The van der Waals surface area contributed by atoms with Gasteiger partial charge in [-0.15, -0.1) is 0 Å². The number of fused-ring (bicyclic) bond motifs is 1. The largest absolute Gasteiger partial charge is 0.417 e. The van der Waals surface area contributed by atoms with Crippen LogP contribution in [0, 0.1) is 5.82 Å². The molecule has 0 bridgehead atoms. The highest BCUT2D eigenvalue weighted by Gasteiger charge is 2.57. The maximum absolute atomic E-state index is 13.6. The van der Waals surface area contributed by atoms with Crippen molar-refractivity contribution in [2.24, 2.45) is 4.99 Å². The molecule has 0 amide bonds. The van der Waals surface area contributed by atoms with Crippen LogP contribution in [-0.2, 0) is 16.1 Å². The Labute approximate surface area is 163 Å². The third kappa shape index (κ3) is 4.43. The minimum atomic E-state index is -4.87. The average Bonchev–Trinajstić information content (AvgIpc) is 3.03. The number of rotatable bonds is 4. The second-order valence-corrected chi connectivity index (χ2v) is 7.83. The van der Waals surface area contributed by atoms with Crippen molar-refractivity contribution in [3.63, 3.8) is 0 Å². The third-order valence-electron chi connectivity index (χ3n) is 4.41. The molecule has 1 aromatic carbocycles. The van der Waals surface area contributed by atoms with E-state index in [2.05, 4.69) is 4.99 Å². The van der Waals surface area contributed by atoms with Crippen molar-refractivity contribution in [1.29, 1.82) is 0 Å². The van der Waals surface area contributed by atoms with Crippen molar-refractivity contribution >= 4 is 16.9 Å². The van der Waals surface area contributed by atoms with Crippen LogP contribution in [0.5, 0.6) is 0 Å². The van der Waals surface area contributed by atoms with Crippen LogP contribution in [0.1, 0.15) is 5.56 Å². The molecule has 0 unspecified atom stereocenters. The van der Waals surface area contributed by atoms with Crippen LogP contribution in [0.4, 0.5) is 17.6 Å². The van der Waals surface area contributed by atoms with Gasteiger partial charge < -0.3 is 24.6 Å². The van der Waals surface area contributed by atoms with E-state index in [1.807, 2.05) is 0 Å². The minimum Gasteiger partial charge on any atom is -0.388 e. The van der Waals surface area contributed by atoms with Gasteiger partial charge in [-0.25, -0.2) is 4.39 Å². The summed E-state index contributed by atoms with van der Waals surface area (Å²) in [7, 11) is 3.40. The number of aliphatic hydroxyl groups is 2. The van der Waals surface area contributed by atoms with Crippen molar-refractivity contribution in [2.45, 2.75) is 48.7 Å². The summed E-state index contributed by atoms with van der Waals surface area (Å²) in [4.78, 5) is 5.85. The molecule has 2 N–H and O–H groups in total. The van der Waals surface area contributed by atoms with E-state index in [0.717, 1.165) is 23.9 Å². The monoisotopic (exact) mass is 424 g/mol. The summed E-state index contributed by atoms with van der Waals surface area (Å²) in [5, 5.41) is 21.1. The van der Waals surface area contributed by atoms with Gasteiger partial charge in [-0.3, -0.25) is 4.99 Å². The van der Waals surface area contributed by atoms with Crippen molar-refractivity contribution in [1.82, 2.24) is 4.90 Å². The van der Waals surface area contributed by atoms with Gasteiger partial charge in [-0.2, -0.15) is 13.2 Å². The Hall–Kier alpha value is -1.40. The Morgan fingerprint density at radius 3 is 2.61 bits per heavy atom. The molecule has 0 aliphatic carbocycles. The summed E-state index contributed by atoms with van der Waals surface area (Å²) in [5.74, 6) is -0.604. The summed E-state index contributed by atoms with van der Waals surface area (Å²) in [5.41, 5.74) is -0.685. The maximum Gasteiger partial charge on any atom is 0.417 e. The number of alkyl halides is 3. The fraction of sp³-hybridized carbons (Fsp3) is 0.588. The standard InChI is InChI=1S/C17H20F4N2O4S/c1-23(2)16-22-10-11(24)12(25)13(27-15(10)28-16)14(17(19,20)21)26-7-8-4-3-5-9(18)6-8/h3-6,10-15,24-25H,7H2,1-2H3/t10-,11-,12+,13+,14-,15-/m1/s1. The summed E-state index contributed by atoms with van der Waals surface area (Å²) >= 11 is 1.07. The van der Waals surface area contributed by atoms with E-state index in [0.29, 0.717) is 5.17 Å². The molecule has 11 heteroatoms. The molecule has 2 aliphatic heterocycles. The fourth-order valence-electron chi connectivity index (χ4n) is 3.03. The maximum atomic E-state index is 13.6. The highest BCUT2D eigenvalue weighted by molar-refractivity contribution is 8.14. The lowest BCUT2D eigenvalue weighted by Gasteiger charge is -2.41. The molecule has 0 saturated carbocycles. The minimum absolute atomic E-state index is 0.200. The molecule has 1 aromatic rings. The predicted molar refractivity (Wildman–Crippen MR) is 94.2 cm³/mol. The number of hydrogen-bond acceptors (Lipinski definition) is 7. The van der Waals surface area contributed by atoms with Gasteiger partial charge in [0.25, 0.3) is 0 Å². The van der Waals surface area contributed by atoms with Gasteiger partial charge in [0.15, 0.2) is 11.3 Å². The SMILES string of the molecule is CN(C)C1=N[C@@H]2[C@@H](O)[C@H](O)[C@@H]([C@@H](OCc3cccc(F)c3)C(F)(F)F)O[C@@H]2S1. The lowest BCUT2D eigenvalue weighted by molar-refractivity contribution is -0.286. The first-order valence-electron chi connectivity index (χ1n) is 8.44. The van der Waals surface area contributed by atoms with Gasteiger partial charge in [-0.05, 0) is 17.7 Å². The zero-order valence-electron chi connectivity index (χ0n) is 15.0. The van der Waals surface area contributed by atoms with Crippen LogP contribution >= 0.6 is 11.8 Å². The van der Waals surface area contributed by atoms with E-state index >= 15 is 0 Å². The second-order valence-electron chi connectivity index (χ2n) is 6.77. The molecule has 6 atom stereocenters. The van der Waals surface area contributed by atoms with E-state index in [1.165, 1.54) is 12.1 Å². The third-order valence-corrected chi connectivity index (χ3v) is 5.71. The number of aliphatic imine (C=N–C) groups is 1. The zero-order chi connectivity index (χ0) is 20.6. The molecule has 1 fully saturated rings. The Balaban J connectivity index is 1.77. The first kappa shape index (κ1) is 21.3. The Bertz CT molecular complexity index is 733. The van der Waals surface area contributed by atoms with Gasteiger partial charge in [0.2, 0.25) is 0 Å². The van der Waals surface area contributed by atoms with E-state index in [-0.39, 0.29) is 5.56 Å². The van der Waals surface area contributed by atoms with Crippen molar-refractivity contribution in [3.05, 3.63) is 35.6 Å². The number of halogens is 4. The van der Waals surface area contributed by atoms with Crippen molar-refractivity contribution < 1.29 is 37.2 Å². The van der Waals surface area contributed by atoms with Crippen LogP contribution in [0.25, 0.3) is 0 Å². The zero-order valence-corrected chi connectivity index (χ0v) is 15.8. The summed E-state index contributed by atoms with van der Waals surface area (Å²) in [6.07, 6.45) is -12.6. The van der Waals surface area contributed by atoms with Crippen molar-refractivity contribution in [3.8, 4) is 0 Å². The topological polar surface area (TPSA) is 74.5 Å². The van der Waals surface area contributed by atoms with Gasteiger partial charge >= 0.3 is 6.18 Å². The Morgan fingerprint density at radius 2 is 2.00 bits per heavy atom. The molecule has 2 heterocycles. The number of aliphatic hydroxyl groups excluding tert-OH is 2. The predicted octanol–water partition coefficient (Wildman–Crippen LogP) is 1.75. The lowest BCUT2D eigenvalue weighted by Crippen LogP contribution is -2.61. The molecular weight excluding hydrogens is 404 g/mol. The molecular formula is C17H20F4N2O4S. The van der Waals surface area contributed by atoms with E-state index in [4.69, 9.17) is 9.47 Å². The second kappa shape index (κ2) is 8.15. The first-order valence-corrected chi connectivity index (χ1v) is 9.32. The van der Waals surface area contributed by atoms with Gasteiger partial charge in [0.05, 0.1) is 6.61 Å². The normalized spacial score (nSPS) is 31.3. The summed E-state index contributed by atoms with van der Waals surface area (Å²) in [6.45, 7) is -0.536. The molecule has 28 heavy (non-hydrogen) atoms.